The number of likely N-dealkylation sites (N-methyl/N-ethyl adjacent to an activating group) is 1. The number of fused-ring (bicyclic) bond motifs is 1. The molecule has 2 fully saturated rings. The van der Waals surface area contributed by atoms with Crippen molar-refractivity contribution in [2.24, 2.45) is 0 Å². The van der Waals surface area contributed by atoms with E-state index < -0.39 is 47.2 Å². The van der Waals surface area contributed by atoms with Crippen molar-refractivity contribution in [3.63, 3.8) is 0 Å². The molecular formula is C27H37N6O8S+. The van der Waals surface area contributed by atoms with Gasteiger partial charge in [-0.25, -0.2) is 9.36 Å². The van der Waals surface area contributed by atoms with Crippen LogP contribution in [0.15, 0.2) is 41.9 Å². The van der Waals surface area contributed by atoms with Crippen LogP contribution < -0.4 is 9.88 Å². The van der Waals surface area contributed by atoms with Gasteiger partial charge in [-0.05, 0) is 7.05 Å². The van der Waals surface area contributed by atoms with E-state index in [0.29, 0.717) is 57.1 Å². The standard InChI is InChI=1S/C27H36N6O8S/c1-29-8-10-31(16-21(35)36)11-13-32(12-9-29)19(27(40)41-2)14-20(34)28-22-24(37)33-23(26(38)39)18(17-42-25(22)33)15-30-6-4-3-5-7-30/h3-7,19,22,25H,8-17H2,1-2H3,(H2-,28,34,35,36,38,39)/p+1. The van der Waals surface area contributed by atoms with Gasteiger partial charge in [0.1, 0.15) is 23.2 Å². The molecular weight excluding hydrogens is 568 g/mol. The maximum Gasteiger partial charge on any atom is 0.352 e. The number of methoxy groups -OCH3 is 1. The van der Waals surface area contributed by atoms with Crippen LogP contribution in [0, 0.1) is 0 Å². The first-order chi connectivity index (χ1) is 20.1. The van der Waals surface area contributed by atoms with Crippen molar-refractivity contribution in [1.82, 2.24) is 24.9 Å². The number of esters is 1. The molecule has 3 aliphatic heterocycles. The van der Waals surface area contributed by atoms with Gasteiger partial charge in [0.25, 0.3) is 5.91 Å². The summed E-state index contributed by atoms with van der Waals surface area (Å²) in [4.78, 5) is 69.5. The van der Waals surface area contributed by atoms with Gasteiger partial charge in [0, 0.05) is 62.7 Å². The molecule has 4 heterocycles. The van der Waals surface area contributed by atoms with Gasteiger partial charge in [-0.15, -0.1) is 11.8 Å². The molecule has 228 valence electrons. The molecule has 2 amide bonds. The molecule has 0 aromatic carbocycles. The molecule has 0 spiro atoms. The van der Waals surface area contributed by atoms with Crippen molar-refractivity contribution in [2.45, 2.75) is 30.4 Å². The Morgan fingerprint density at radius 3 is 2.40 bits per heavy atom. The van der Waals surface area contributed by atoms with Crippen LogP contribution in [0.3, 0.4) is 0 Å². The number of rotatable bonds is 10. The summed E-state index contributed by atoms with van der Waals surface area (Å²) < 4.78 is 6.84. The number of carbonyl (C=O) groups excluding carboxylic acids is 3. The van der Waals surface area contributed by atoms with Crippen LogP contribution in [-0.2, 0) is 35.3 Å². The SMILES string of the molecule is COC(=O)C(CC(=O)NC1C(=O)N2C(C(=O)O)=C(C[n+]3ccccc3)CSC12)N1CCN(C)CCN(CC(=O)O)CC1. The van der Waals surface area contributed by atoms with E-state index >= 15 is 0 Å². The van der Waals surface area contributed by atoms with Crippen molar-refractivity contribution in [3.8, 4) is 0 Å². The van der Waals surface area contributed by atoms with E-state index in [1.54, 1.807) is 4.90 Å². The van der Waals surface area contributed by atoms with Crippen LogP contribution >= 0.6 is 11.8 Å². The predicted octanol–water partition coefficient (Wildman–Crippen LogP) is -1.72. The minimum Gasteiger partial charge on any atom is -0.480 e. The third-order valence-corrected chi connectivity index (χ3v) is 8.98. The second-order valence-electron chi connectivity index (χ2n) is 10.5. The highest BCUT2D eigenvalue weighted by molar-refractivity contribution is 8.00. The van der Waals surface area contributed by atoms with Crippen molar-refractivity contribution < 1.29 is 43.5 Å². The molecule has 0 bridgehead atoms. The topological polar surface area (TPSA) is 164 Å². The normalized spacial score (nSPS) is 23.1. The van der Waals surface area contributed by atoms with Crippen LogP contribution in [-0.4, -0.2) is 143 Å². The molecule has 0 radical (unpaired) electrons. The Kier molecular flexibility index (Phi) is 10.5. The quantitative estimate of drug-likeness (QED) is 0.157. The van der Waals surface area contributed by atoms with E-state index in [2.05, 4.69) is 5.32 Å². The van der Waals surface area contributed by atoms with Crippen LogP contribution in [0.2, 0.25) is 0 Å². The minimum absolute atomic E-state index is 0.0650. The van der Waals surface area contributed by atoms with E-state index in [1.807, 2.05) is 52.0 Å². The number of aliphatic carboxylic acids is 2. The summed E-state index contributed by atoms with van der Waals surface area (Å²) in [5, 5.41) is 21.3. The number of thioether (sulfide) groups is 1. The molecule has 3 unspecified atom stereocenters. The lowest BCUT2D eigenvalue weighted by Crippen LogP contribution is -2.71. The van der Waals surface area contributed by atoms with Gasteiger partial charge in [-0.1, -0.05) is 6.07 Å². The fourth-order valence-electron chi connectivity index (χ4n) is 5.35. The van der Waals surface area contributed by atoms with E-state index in [9.17, 15) is 34.2 Å². The van der Waals surface area contributed by atoms with Gasteiger partial charge in [0.05, 0.1) is 20.1 Å². The van der Waals surface area contributed by atoms with Gasteiger partial charge in [-0.3, -0.25) is 33.9 Å². The average molecular weight is 606 g/mol. The van der Waals surface area contributed by atoms with Crippen LogP contribution in [0.25, 0.3) is 0 Å². The molecule has 4 rings (SSSR count). The van der Waals surface area contributed by atoms with Crippen LogP contribution in [0.1, 0.15) is 6.42 Å². The third-order valence-electron chi connectivity index (χ3n) is 7.64. The van der Waals surface area contributed by atoms with Crippen molar-refractivity contribution in [1.29, 1.82) is 0 Å². The average Bonchev–Trinajstić information content (AvgIpc) is 3.05. The molecule has 3 N–H and O–H groups in total. The number of pyridine rings is 1. The van der Waals surface area contributed by atoms with Gasteiger partial charge in [-0.2, -0.15) is 0 Å². The van der Waals surface area contributed by atoms with Crippen molar-refractivity contribution >= 4 is 41.5 Å². The van der Waals surface area contributed by atoms with Gasteiger partial charge in [0.2, 0.25) is 5.91 Å². The zero-order valence-corrected chi connectivity index (χ0v) is 24.5. The second kappa shape index (κ2) is 14.1. The fourth-order valence-corrected chi connectivity index (χ4v) is 6.68. The first-order valence-electron chi connectivity index (χ1n) is 13.7. The zero-order chi connectivity index (χ0) is 30.4. The first kappa shape index (κ1) is 31.4. The number of β-lactam (4-membered cyclic amide) rings is 1. The van der Waals surface area contributed by atoms with Gasteiger partial charge in [0.15, 0.2) is 18.9 Å². The van der Waals surface area contributed by atoms with Crippen molar-refractivity contribution in [3.05, 3.63) is 41.9 Å². The number of ether oxygens (including phenoxy) is 1. The molecule has 0 saturated carbocycles. The maximum absolute atomic E-state index is 13.2. The highest BCUT2D eigenvalue weighted by Gasteiger charge is 2.54. The molecule has 1 aromatic heterocycles. The Morgan fingerprint density at radius 1 is 1.07 bits per heavy atom. The Hall–Kier alpha value is -3.53. The van der Waals surface area contributed by atoms with Gasteiger partial charge >= 0.3 is 17.9 Å². The Bertz CT molecular complexity index is 1230. The number of carboxylic acid groups (broad SMARTS) is 2. The Morgan fingerprint density at radius 2 is 1.74 bits per heavy atom. The first-order valence-corrected chi connectivity index (χ1v) is 14.7. The molecule has 1 aromatic rings. The lowest BCUT2D eigenvalue weighted by atomic mass is 10.0. The Balaban J connectivity index is 1.43. The fraction of sp³-hybridized carbons (Fsp3) is 0.556. The number of nitrogens with zero attached hydrogens (tertiary/aromatic N) is 5. The summed E-state index contributed by atoms with van der Waals surface area (Å²) in [5.41, 5.74) is 0.531. The lowest BCUT2D eigenvalue weighted by Gasteiger charge is -2.49. The summed E-state index contributed by atoms with van der Waals surface area (Å²) in [6.45, 7) is 3.17. The molecule has 14 nitrogen and oxygen atoms in total. The number of aromatic nitrogens is 1. The molecule has 3 aliphatic rings. The minimum atomic E-state index is -1.20. The number of nitrogens with one attached hydrogen (secondary N) is 1. The van der Waals surface area contributed by atoms with E-state index in [0.717, 1.165) is 0 Å². The molecule has 15 heteroatoms. The van der Waals surface area contributed by atoms with Crippen LogP contribution in [0.4, 0.5) is 0 Å². The maximum atomic E-state index is 13.2. The number of carbonyl (C=O) groups is 5. The van der Waals surface area contributed by atoms with Gasteiger partial charge < -0.3 is 25.2 Å². The number of amides is 2. The summed E-state index contributed by atoms with van der Waals surface area (Å²) >= 11 is 1.38. The van der Waals surface area contributed by atoms with E-state index in [4.69, 9.17) is 4.74 Å². The predicted molar refractivity (Wildman–Crippen MR) is 150 cm³/mol. The second-order valence-corrected chi connectivity index (χ2v) is 11.6. The van der Waals surface area contributed by atoms with Crippen LogP contribution in [0.5, 0.6) is 0 Å². The largest absolute Gasteiger partial charge is 0.480 e. The summed E-state index contributed by atoms with van der Waals surface area (Å²) in [7, 11) is 3.14. The molecule has 42 heavy (non-hydrogen) atoms. The Labute approximate surface area is 247 Å². The monoisotopic (exact) mass is 605 g/mol. The highest BCUT2D eigenvalue weighted by atomic mass is 32.2. The molecule has 0 aliphatic carbocycles. The lowest BCUT2D eigenvalue weighted by molar-refractivity contribution is -0.689. The number of carboxylic acids is 2. The van der Waals surface area contributed by atoms with E-state index in [1.165, 1.54) is 23.8 Å². The summed E-state index contributed by atoms with van der Waals surface area (Å²) in [6, 6.07) is 3.66. The molecule has 2 saturated heterocycles. The summed E-state index contributed by atoms with van der Waals surface area (Å²) in [6.07, 6.45) is 3.36. The number of hydrogen-bond acceptors (Lipinski definition) is 10. The number of hydrogen-bond donors (Lipinski definition) is 3. The third kappa shape index (κ3) is 7.45. The smallest absolute Gasteiger partial charge is 0.352 e. The summed E-state index contributed by atoms with van der Waals surface area (Å²) in [5.74, 6) is -3.43. The van der Waals surface area contributed by atoms with Crippen molar-refractivity contribution in [2.75, 3.05) is 65.7 Å². The molecule has 3 atom stereocenters. The zero-order valence-electron chi connectivity index (χ0n) is 23.7. The van der Waals surface area contributed by atoms with E-state index in [-0.39, 0.29) is 18.7 Å². The highest BCUT2D eigenvalue weighted by Crippen LogP contribution is 2.40.